The Balaban J connectivity index is 1.85. The minimum atomic E-state index is -0.607. The zero-order valence-corrected chi connectivity index (χ0v) is 15.4. The van der Waals surface area contributed by atoms with Crippen molar-refractivity contribution < 1.29 is 19.6 Å². The predicted molar refractivity (Wildman–Crippen MR) is 104 cm³/mol. The Morgan fingerprint density at radius 3 is 2.57 bits per heavy atom. The Morgan fingerprint density at radius 2 is 1.86 bits per heavy atom. The number of phenolic OH excluding ortho intramolecular Hbond substituents is 1. The van der Waals surface area contributed by atoms with Crippen molar-refractivity contribution in [3.63, 3.8) is 0 Å². The number of hydrazone groups is 1. The van der Waals surface area contributed by atoms with E-state index in [1.165, 1.54) is 6.07 Å². The van der Waals surface area contributed by atoms with Gasteiger partial charge in [-0.15, -0.1) is 0 Å². The van der Waals surface area contributed by atoms with Gasteiger partial charge in [-0.3, -0.25) is 19.7 Å². The van der Waals surface area contributed by atoms with Gasteiger partial charge in [-0.05, 0) is 37.1 Å². The molecule has 0 aromatic heterocycles. The molecule has 0 aliphatic heterocycles. The van der Waals surface area contributed by atoms with Gasteiger partial charge < -0.3 is 10.4 Å². The van der Waals surface area contributed by atoms with Crippen LogP contribution in [0.2, 0.25) is 0 Å². The van der Waals surface area contributed by atoms with Gasteiger partial charge in [0.25, 0.3) is 5.69 Å². The summed E-state index contributed by atoms with van der Waals surface area (Å²) in [6.45, 7) is 3.79. The Labute approximate surface area is 161 Å². The van der Waals surface area contributed by atoms with Gasteiger partial charge in [0.1, 0.15) is 5.75 Å². The molecule has 2 rings (SSSR count). The monoisotopic (exact) mass is 384 g/mol. The van der Waals surface area contributed by atoms with Crippen molar-refractivity contribution in [3.05, 3.63) is 63.2 Å². The second-order valence-electron chi connectivity index (χ2n) is 6.16. The van der Waals surface area contributed by atoms with Crippen molar-refractivity contribution in [2.45, 2.75) is 26.7 Å². The van der Waals surface area contributed by atoms with Gasteiger partial charge in [0.15, 0.2) is 0 Å². The normalized spacial score (nSPS) is 10.6. The largest absolute Gasteiger partial charge is 0.507 e. The Bertz CT molecular complexity index is 940. The third kappa shape index (κ3) is 5.90. The number of benzene rings is 2. The van der Waals surface area contributed by atoms with E-state index in [-0.39, 0.29) is 35.7 Å². The van der Waals surface area contributed by atoms with Gasteiger partial charge in [-0.2, -0.15) is 5.10 Å². The highest BCUT2D eigenvalue weighted by atomic mass is 16.6. The fraction of sp³-hybridized carbons (Fsp3) is 0.211. The molecule has 0 radical (unpaired) electrons. The highest BCUT2D eigenvalue weighted by Crippen LogP contribution is 2.21. The average molecular weight is 384 g/mol. The van der Waals surface area contributed by atoms with Gasteiger partial charge in [0, 0.05) is 36.2 Å². The molecule has 2 aromatic carbocycles. The fourth-order valence-corrected chi connectivity index (χ4v) is 2.30. The quantitative estimate of drug-likeness (QED) is 0.383. The van der Waals surface area contributed by atoms with Crippen LogP contribution in [0.25, 0.3) is 0 Å². The lowest BCUT2D eigenvalue weighted by molar-refractivity contribution is -0.384. The van der Waals surface area contributed by atoms with E-state index < -0.39 is 10.8 Å². The van der Waals surface area contributed by atoms with Crippen molar-refractivity contribution in [1.82, 2.24) is 5.43 Å². The summed E-state index contributed by atoms with van der Waals surface area (Å²) in [5.74, 6) is -1.02. The molecule has 0 fully saturated rings. The van der Waals surface area contributed by atoms with Gasteiger partial charge in [0.2, 0.25) is 11.8 Å². The molecule has 0 heterocycles. The third-order valence-electron chi connectivity index (χ3n) is 3.86. The Kier molecular flexibility index (Phi) is 6.80. The van der Waals surface area contributed by atoms with Crippen LogP contribution in [0.1, 0.15) is 29.5 Å². The third-order valence-corrected chi connectivity index (χ3v) is 3.86. The maximum atomic E-state index is 12.0. The number of amides is 2. The van der Waals surface area contributed by atoms with Crippen LogP contribution in [0.5, 0.6) is 5.75 Å². The van der Waals surface area contributed by atoms with Gasteiger partial charge >= 0.3 is 0 Å². The molecule has 0 atom stereocenters. The first-order valence-electron chi connectivity index (χ1n) is 8.42. The number of hydrogen-bond acceptors (Lipinski definition) is 6. The highest BCUT2D eigenvalue weighted by Gasteiger charge is 2.10. The molecule has 3 N–H and O–H groups in total. The van der Waals surface area contributed by atoms with E-state index in [9.17, 15) is 24.8 Å². The fourth-order valence-electron chi connectivity index (χ4n) is 2.30. The van der Waals surface area contributed by atoms with E-state index in [4.69, 9.17) is 0 Å². The number of anilines is 1. The maximum absolute atomic E-state index is 12.0. The van der Waals surface area contributed by atoms with E-state index in [1.54, 1.807) is 0 Å². The molecule has 146 valence electrons. The number of non-ortho nitro benzene ring substituents is 1. The van der Waals surface area contributed by atoms with Crippen molar-refractivity contribution in [2.75, 3.05) is 5.32 Å². The van der Waals surface area contributed by atoms with Crippen LogP contribution < -0.4 is 10.7 Å². The molecule has 9 heteroatoms. The van der Waals surface area contributed by atoms with Gasteiger partial charge in [-0.25, -0.2) is 5.43 Å². The second-order valence-corrected chi connectivity index (χ2v) is 6.16. The summed E-state index contributed by atoms with van der Waals surface area (Å²) >= 11 is 0. The van der Waals surface area contributed by atoms with Crippen LogP contribution in [0.15, 0.2) is 41.5 Å². The molecule has 0 saturated heterocycles. The molecule has 0 aliphatic rings. The van der Waals surface area contributed by atoms with Crippen molar-refractivity contribution in [1.29, 1.82) is 0 Å². The van der Waals surface area contributed by atoms with Crippen molar-refractivity contribution in [3.8, 4) is 5.75 Å². The molecular formula is C19H20N4O5. The SMILES string of the molecule is Cc1ccc(C)c(NC(=O)CCC(=O)N/N=C/c2cc([N+](=O)[O-])ccc2O)c1. The first kappa shape index (κ1) is 20.6. The first-order chi connectivity index (χ1) is 13.3. The minimum Gasteiger partial charge on any atom is -0.507 e. The van der Waals surface area contributed by atoms with Crippen LogP contribution in [-0.4, -0.2) is 28.1 Å². The summed E-state index contributed by atoms with van der Waals surface area (Å²) in [4.78, 5) is 33.9. The van der Waals surface area contributed by atoms with Crippen LogP contribution >= 0.6 is 0 Å². The van der Waals surface area contributed by atoms with Gasteiger partial charge in [-0.1, -0.05) is 12.1 Å². The number of rotatable bonds is 7. The van der Waals surface area contributed by atoms with E-state index in [0.717, 1.165) is 29.5 Å². The molecule has 0 spiro atoms. The lowest BCUT2D eigenvalue weighted by atomic mass is 10.1. The number of aromatic hydroxyl groups is 1. The van der Waals surface area contributed by atoms with Crippen LogP contribution in [0.3, 0.4) is 0 Å². The van der Waals surface area contributed by atoms with E-state index in [2.05, 4.69) is 15.8 Å². The number of nitrogens with one attached hydrogen (secondary N) is 2. The Hall–Kier alpha value is -3.75. The zero-order chi connectivity index (χ0) is 20.7. The lowest BCUT2D eigenvalue weighted by Gasteiger charge is -2.09. The standard InChI is InChI=1S/C19H20N4O5/c1-12-3-4-13(2)16(9-12)21-18(25)7-8-19(26)22-20-11-14-10-15(23(27)28)5-6-17(14)24/h3-6,9-11,24H,7-8H2,1-2H3,(H,21,25)(H,22,26)/b20-11+. The molecule has 0 saturated carbocycles. The number of hydrogen-bond donors (Lipinski definition) is 3. The number of aryl methyl sites for hydroxylation is 2. The molecular weight excluding hydrogens is 364 g/mol. The highest BCUT2D eigenvalue weighted by molar-refractivity contribution is 5.94. The van der Waals surface area contributed by atoms with Crippen molar-refractivity contribution >= 4 is 29.4 Å². The van der Waals surface area contributed by atoms with E-state index in [1.807, 2.05) is 32.0 Å². The van der Waals surface area contributed by atoms with Crippen molar-refractivity contribution in [2.24, 2.45) is 5.10 Å². The Morgan fingerprint density at radius 1 is 1.14 bits per heavy atom. The topological polar surface area (TPSA) is 134 Å². The number of nitrogens with zero attached hydrogens (tertiary/aromatic N) is 2. The zero-order valence-electron chi connectivity index (χ0n) is 15.4. The summed E-state index contributed by atoms with van der Waals surface area (Å²) in [5, 5.41) is 26.8. The molecule has 0 bridgehead atoms. The summed E-state index contributed by atoms with van der Waals surface area (Å²) in [5.41, 5.74) is 4.72. The number of carbonyl (C=O) groups is 2. The molecule has 2 aromatic rings. The molecule has 0 aliphatic carbocycles. The van der Waals surface area contributed by atoms with Crippen LogP contribution in [0, 0.1) is 24.0 Å². The first-order valence-corrected chi connectivity index (χ1v) is 8.42. The molecule has 28 heavy (non-hydrogen) atoms. The maximum Gasteiger partial charge on any atom is 0.270 e. The number of nitro groups is 1. The smallest absolute Gasteiger partial charge is 0.270 e. The summed E-state index contributed by atoms with van der Waals surface area (Å²) < 4.78 is 0. The molecule has 0 unspecified atom stereocenters. The molecule has 2 amide bonds. The predicted octanol–water partition coefficient (Wildman–Crippen LogP) is 2.79. The van der Waals surface area contributed by atoms with E-state index in [0.29, 0.717) is 5.69 Å². The minimum absolute atomic E-state index is 0.0310. The molecule has 9 nitrogen and oxygen atoms in total. The van der Waals surface area contributed by atoms with Crippen LogP contribution in [-0.2, 0) is 9.59 Å². The average Bonchev–Trinajstić information content (AvgIpc) is 2.64. The summed E-state index contributed by atoms with van der Waals surface area (Å²) in [6.07, 6.45) is 0.974. The number of nitro benzene ring substituents is 1. The van der Waals surface area contributed by atoms with E-state index >= 15 is 0 Å². The number of carbonyl (C=O) groups excluding carboxylic acids is 2. The van der Waals surface area contributed by atoms with Crippen LogP contribution in [0.4, 0.5) is 11.4 Å². The lowest BCUT2D eigenvalue weighted by Crippen LogP contribution is -2.21. The second kappa shape index (κ2) is 9.26. The summed E-state index contributed by atoms with van der Waals surface area (Å²) in [7, 11) is 0. The summed E-state index contributed by atoms with van der Waals surface area (Å²) in [6, 6.07) is 9.13. The van der Waals surface area contributed by atoms with Gasteiger partial charge in [0.05, 0.1) is 11.1 Å². The number of phenols is 1.